The normalized spacial score (nSPS) is 17.8. The summed E-state index contributed by atoms with van der Waals surface area (Å²) in [5, 5.41) is 1.27. The average Bonchev–Trinajstić information content (AvgIpc) is 3.00. The van der Waals surface area contributed by atoms with Crippen LogP contribution in [0.3, 0.4) is 0 Å². The molecule has 2 rings (SSSR count). The van der Waals surface area contributed by atoms with Crippen LogP contribution in [0.5, 0.6) is 0 Å². The van der Waals surface area contributed by atoms with E-state index in [2.05, 4.69) is 5.43 Å². The summed E-state index contributed by atoms with van der Waals surface area (Å²) >= 11 is 0. The second-order valence-electron chi connectivity index (χ2n) is 7.05. The summed E-state index contributed by atoms with van der Waals surface area (Å²) in [6.45, 7) is 7.02. The predicted octanol–water partition coefficient (Wildman–Crippen LogP) is 2.08. The van der Waals surface area contributed by atoms with Crippen molar-refractivity contribution in [3.05, 3.63) is 35.9 Å². The summed E-state index contributed by atoms with van der Waals surface area (Å²) in [7, 11) is 0. The molecule has 0 saturated carbocycles. The smallest absolute Gasteiger partial charge is 0.424 e. The van der Waals surface area contributed by atoms with Crippen molar-refractivity contribution in [2.75, 3.05) is 19.8 Å². The first-order chi connectivity index (χ1) is 13.3. The van der Waals surface area contributed by atoms with Crippen LogP contribution in [0.25, 0.3) is 0 Å². The first kappa shape index (κ1) is 21.7. The number of hydrogen-bond donors (Lipinski definition) is 1. The van der Waals surface area contributed by atoms with Crippen molar-refractivity contribution >= 4 is 18.0 Å². The summed E-state index contributed by atoms with van der Waals surface area (Å²) < 4.78 is 15.4. The maximum atomic E-state index is 12.6. The maximum absolute atomic E-state index is 12.6. The molecule has 1 aromatic rings. The van der Waals surface area contributed by atoms with Gasteiger partial charge in [-0.1, -0.05) is 30.3 Å². The van der Waals surface area contributed by atoms with Gasteiger partial charge in [-0.3, -0.25) is 9.59 Å². The molecule has 8 heteroatoms. The Morgan fingerprint density at radius 1 is 1.21 bits per heavy atom. The van der Waals surface area contributed by atoms with Gasteiger partial charge in [-0.05, 0) is 39.7 Å². The van der Waals surface area contributed by atoms with Crippen molar-refractivity contribution in [1.29, 1.82) is 0 Å². The third-order valence-corrected chi connectivity index (χ3v) is 4.59. The molecule has 1 saturated heterocycles. The molecule has 0 radical (unpaired) electrons. The van der Waals surface area contributed by atoms with Gasteiger partial charge in [0, 0.05) is 0 Å². The lowest BCUT2D eigenvalue weighted by Gasteiger charge is -2.34. The molecule has 1 aromatic carbocycles. The van der Waals surface area contributed by atoms with Crippen molar-refractivity contribution < 1.29 is 28.6 Å². The lowest BCUT2D eigenvalue weighted by molar-refractivity contribution is -0.165. The van der Waals surface area contributed by atoms with Gasteiger partial charge >= 0.3 is 18.0 Å². The first-order valence-corrected chi connectivity index (χ1v) is 9.41. The minimum absolute atomic E-state index is 0.147. The molecule has 2 atom stereocenters. The van der Waals surface area contributed by atoms with Crippen LogP contribution in [0.15, 0.2) is 30.3 Å². The zero-order valence-corrected chi connectivity index (χ0v) is 16.8. The van der Waals surface area contributed by atoms with Crippen LogP contribution in [0.1, 0.15) is 33.3 Å². The molecule has 8 nitrogen and oxygen atoms in total. The number of ether oxygens (including phenoxy) is 3. The van der Waals surface area contributed by atoms with E-state index in [0.717, 1.165) is 5.56 Å². The molecule has 0 bridgehead atoms. The average molecular weight is 392 g/mol. The zero-order chi connectivity index (χ0) is 20.7. The van der Waals surface area contributed by atoms with Gasteiger partial charge in [-0.25, -0.2) is 15.2 Å². The Balaban J connectivity index is 2.23. The standard InChI is InChI=1S/C20H28N2O6/c1-5-26-17(23)16(20(3,4)18(24)27-6-2)21-22-15(13-28-19(22)25)12-14-10-8-7-9-11-14/h7-11,15-16,21H,5-6,12-13H2,1-4H3/t15-,16+/m1/s1. The summed E-state index contributed by atoms with van der Waals surface area (Å²) in [6.07, 6.45) is -0.0653. The molecule has 0 aliphatic carbocycles. The minimum atomic E-state index is -1.26. The second-order valence-corrected chi connectivity index (χ2v) is 7.05. The molecule has 1 heterocycles. The number of nitrogens with one attached hydrogen (secondary N) is 1. The Labute approximate surface area is 165 Å². The highest BCUT2D eigenvalue weighted by Gasteiger charge is 2.47. The number of esters is 2. The van der Waals surface area contributed by atoms with Gasteiger partial charge in [0.15, 0.2) is 0 Å². The molecular formula is C20H28N2O6. The van der Waals surface area contributed by atoms with Crippen molar-refractivity contribution in [3.63, 3.8) is 0 Å². The van der Waals surface area contributed by atoms with E-state index < -0.39 is 29.5 Å². The topological polar surface area (TPSA) is 94.2 Å². The van der Waals surface area contributed by atoms with Crippen LogP contribution in [0.4, 0.5) is 4.79 Å². The van der Waals surface area contributed by atoms with Gasteiger partial charge in [0.1, 0.15) is 12.6 Å². The van der Waals surface area contributed by atoms with Crippen LogP contribution >= 0.6 is 0 Å². The number of hydrogen-bond acceptors (Lipinski definition) is 7. The number of carbonyl (C=O) groups excluding carboxylic acids is 3. The predicted molar refractivity (Wildman–Crippen MR) is 101 cm³/mol. The molecule has 1 amide bonds. The monoisotopic (exact) mass is 392 g/mol. The Hall–Kier alpha value is -2.61. The van der Waals surface area contributed by atoms with Crippen molar-refractivity contribution in [2.45, 2.75) is 46.2 Å². The van der Waals surface area contributed by atoms with Crippen molar-refractivity contribution in [2.24, 2.45) is 5.41 Å². The van der Waals surface area contributed by atoms with Gasteiger partial charge in [0.25, 0.3) is 0 Å². The molecule has 0 aromatic heterocycles. The fourth-order valence-electron chi connectivity index (χ4n) is 2.96. The highest BCUT2D eigenvalue weighted by molar-refractivity contribution is 5.87. The van der Waals surface area contributed by atoms with Gasteiger partial charge in [0.05, 0.1) is 24.7 Å². The van der Waals surface area contributed by atoms with Crippen molar-refractivity contribution in [1.82, 2.24) is 10.4 Å². The Morgan fingerprint density at radius 3 is 2.46 bits per heavy atom. The maximum Gasteiger partial charge on any atom is 0.424 e. The number of carbonyl (C=O) groups is 3. The second kappa shape index (κ2) is 9.54. The SMILES string of the molecule is CCOC(=O)[C@H](NN1C(=O)OC[C@H]1Cc1ccccc1)C(C)(C)C(=O)OCC. The van der Waals surface area contributed by atoms with E-state index in [9.17, 15) is 14.4 Å². The van der Waals surface area contributed by atoms with E-state index in [1.165, 1.54) is 5.01 Å². The summed E-state index contributed by atoms with van der Waals surface area (Å²) in [5.74, 6) is -1.20. The molecule has 1 fully saturated rings. The molecular weight excluding hydrogens is 364 g/mol. The number of hydrazine groups is 1. The van der Waals surface area contributed by atoms with E-state index in [1.807, 2.05) is 30.3 Å². The number of cyclic esters (lactones) is 1. The molecule has 28 heavy (non-hydrogen) atoms. The molecule has 1 aliphatic rings. The highest BCUT2D eigenvalue weighted by Crippen LogP contribution is 2.26. The van der Waals surface area contributed by atoms with E-state index in [0.29, 0.717) is 6.42 Å². The van der Waals surface area contributed by atoms with E-state index in [4.69, 9.17) is 14.2 Å². The van der Waals surface area contributed by atoms with Gasteiger partial charge in [0.2, 0.25) is 0 Å². The van der Waals surface area contributed by atoms with Gasteiger partial charge in [-0.2, -0.15) is 0 Å². The van der Waals surface area contributed by atoms with Crippen LogP contribution in [0.2, 0.25) is 0 Å². The third kappa shape index (κ3) is 5.01. The zero-order valence-electron chi connectivity index (χ0n) is 16.8. The molecule has 1 aliphatic heterocycles. The Kier molecular flexibility index (Phi) is 7.39. The third-order valence-electron chi connectivity index (χ3n) is 4.59. The Bertz CT molecular complexity index is 691. The van der Waals surface area contributed by atoms with Gasteiger partial charge in [-0.15, -0.1) is 0 Å². The van der Waals surface area contributed by atoms with Gasteiger partial charge < -0.3 is 14.2 Å². The summed E-state index contributed by atoms with van der Waals surface area (Å²) in [6, 6.07) is 8.19. The summed E-state index contributed by atoms with van der Waals surface area (Å²) in [4.78, 5) is 37.3. The summed E-state index contributed by atoms with van der Waals surface area (Å²) in [5.41, 5.74) is 2.65. The molecule has 1 N–H and O–H groups in total. The largest absolute Gasteiger partial charge is 0.466 e. The van der Waals surface area contributed by atoms with E-state index >= 15 is 0 Å². The fourth-order valence-corrected chi connectivity index (χ4v) is 2.96. The van der Waals surface area contributed by atoms with Crippen molar-refractivity contribution in [3.8, 4) is 0 Å². The molecule has 0 unspecified atom stereocenters. The van der Waals surface area contributed by atoms with E-state index in [1.54, 1.807) is 27.7 Å². The number of benzene rings is 1. The van der Waals surface area contributed by atoms with E-state index in [-0.39, 0.29) is 25.9 Å². The van der Waals surface area contributed by atoms with Crippen LogP contribution in [0, 0.1) is 5.41 Å². The quantitative estimate of drug-likeness (QED) is 0.508. The van der Waals surface area contributed by atoms with Crippen LogP contribution in [-0.4, -0.2) is 54.9 Å². The number of nitrogens with zero attached hydrogens (tertiary/aromatic N) is 1. The lowest BCUT2D eigenvalue weighted by atomic mass is 9.84. The highest BCUT2D eigenvalue weighted by atomic mass is 16.6. The van der Waals surface area contributed by atoms with Crippen LogP contribution in [-0.2, 0) is 30.2 Å². The first-order valence-electron chi connectivity index (χ1n) is 9.41. The fraction of sp³-hybridized carbons (Fsp3) is 0.550. The molecule has 0 spiro atoms. The minimum Gasteiger partial charge on any atom is -0.466 e. The Morgan fingerprint density at radius 2 is 1.86 bits per heavy atom. The number of amides is 1. The molecule has 154 valence electrons. The van der Waals surface area contributed by atoms with Crippen LogP contribution < -0.4 is 5.43 Å². The number of rotatable bonds is 9. The lowest BCUT2D eigenvalue weighted by Crippen LogP contribution is -2.60.